The monoisotopic (exact) mass is 291 g/mol. The Bertz CT molecular complexity index is 530. The summed E-state index contributed by atoms with van der Waals surface area (Å²) in [6.07, 6.45) is 5.22. The highest BCUT2D eigenvalue weighted by Gasteiger charge is 2.29. The van der Waals surface area contributed by atoms with E-state index < -0.39 is 0 Å². The van der Waals surface area contributed by atoms with Crippen molar-refractivity contribution in [2.45, 2.75) is 50.7 Å². The molecule has 1 aromatic rings. The van der Waals surface area contributed by atoms with Crippen molar-refractivity contribution in [2.75, 3.05) is 11.4 Å². The molecule has 114 valence electrons. The maximum Gasteiger partial charge on any atom is 0.240 e. The fourth-order valence-electron chi connectivity index (χ4n) is 3.03. The number of amides is 1. The molecule has 1 amide bonds. The highest BCUT2D eigenvalue weighted by molar-refractivity contribution is 5.84. The molecule has 21 heavy (non-hydrogen) atoms. The third kappa shape index (κ3) is 3.35. The Morgan fingerprint density at radius 2 is 2.14 bits per heavy atom. The lowest BCUT2D eigenvalue weighted by Gasteiger charge is -2.36. The predicted molar refractivity (Wildman–Crippen MR) is 80.4 cm³/mol. The number of hydrogen-bond acceptors (Lipinski definition) is 3. The average molecular weight is 291 g/mol. The number of rotatable bonds is 5. The number of anilines is 1. The van der Waals surface area contributed by atoms with Crippen molar-refractivity contribution in [3.8, 4) is 0 Å². The topological polar surface area (TPSA) is 58.4 Å². The lowest BCUT2D eigenvalue weighted by Crippen LogP contribution is -2.48. The zero-order valence-electron chi connectivity index (χ0n) is 12.1. The normalized spacial score (nSPS) is 22.3. The number of halogens is 1. The lowest BCUT2D eigenvalue weighted by molar-refractivity contribution is -0.119. The first kappa shape index (κ1) is 14.3. The van der Waals surface area contributed by atoms with Crippen LogP contribution in [0.25, 0.3) is 0 Å². The Balaban J connectivity index is 1.85. The molecule has 0 bridgehead atoms. The van der Waals surface area contributed by atoms with E-state index in [-0.39, 0.29) is 17.8 Å². The molecule has 1 saturated heterocycles. The van der Waals surface area contributed by atoms with Gasteiger partial charge in [-0.1, -0.05) is 0 Å². The molecule has 1 saturated carbocycles. The quantitative estimate of drug-likeness (QED) is 0.871. The van der Waals surface area contributed by atoms with Crippen molar-refractivity contribution in [1.82, 2.24) is 5.32 Å². The molecule has 1 atom stereocenters. The second-order valence-electron chi connectivity index (χ2n) is 6.04. The van der Waals surface area contributed by atoms with Gasteiger partial charge >= 0.3 is 0 Å². The Labute approximate surface area is 124 Å². The molecule has 0 aromatic heterocycles. The molecular formula is C16H22FN3O. The van der Waals surface area contributed by atoms with Crippen molar-refractivity contribution in [2.24, 2.45) is 5.73 Å². The Hall–Kier alpha value is -1.62. The van der Waals surface area contributed by atoms with E-state index >= 15 is 0 Å². The highest BCUT2D eigenvalue weighted by Crippen LogP contribution is 2.29. The molecule has 4 nitrogen and oxygen atoms in total. The molecule has 1 aromatic carbocycles. The number of hydrogen-bond donors (Lipinski definition) is 2. The smallest absolute Gasteiger partial charge is 0.240 e. The molecule has 1 unspecified atom stereocenters. The van der Waals surface area contributed by atoms with Crippen LogP contribution < -0.4 is 16.0 Å². The molecular weight excluding hydrogens is 269 g/mol. The van der Waals surface area contributed by atoms with Gasteiger partial charge in [-0.25, -0.2) is 4.39 Å². The number of nitrogens with zero attached hydrogens (tertiary/aromatic N) is 1. The fourth-order valence-corrected chi connectivity index (χ4v) is 3.03. The van der Waals surface area contributed by atoms with Gasteiger partial charge in [0.15, 0.2) is 0 Å². The predicted octanol–water partition coefficient (Wildman–Crippen LogP) is 1.92. The van der Waals surface area contributed by atoms with Crippen LogP contribution in [0.15, 0.2) is 18.2 Å². The Morgan fingerprint density at radius 3 is 2.86 bits per heavy atom. The van der Waals surface area contributed by atoms with Gasteiger partial charge < -0.3 is 16.0 Å². The third-order valence-electron chi connectivity index (χ3n) is 4.34. The van der Waals surface area contributed by atoms with Crippen LogP contribution in [0.2, 0.25) is 0 Å². The number of nitrogens with one attached hydrogen (secondary N) is 1. The number of piperidine rings is 1. The fraction of sp³-hybridized carbons (Fsp3) is 0.562. The molecule has 2 aliphatic rings. The summed E-state index contributed by atoms with van der Waals surface area (Å²) < 4.78 is 13.6. The second-order valence-corrected chi connectivity index (χ2v) is 6.04. The first-order valence-electron chi connectivity index (χ1n) is 7.73. The maximum absolute atomic E-state index is 13.6. The van der Waals surface area contributed by atoms with Crippen LogP contribution in [-0.4, -0.2) is 24.5 Å². The van der Waals surface area contributed by atoms with Gasteiger partial charge in [-0.3, -0.25) is 4.79 Å². The van der Waals surface area contributed by atoms with Crippen molar-refractivity contribution >= 4 is 11.6 Å². The number of benzene rings is 1. The first-order chi connectivity index (χ1) is 10.1. The van der Waals surface area contributed by atoms with Crippen LogP contribution in [0, 0.1) is 5.82 Å². The summed E-state index contributed by atoms with van der Waals surface area (Å²) in [5.74, 6) is -0.529. The number of nitrogens with two attached hydrogens (primary N) is 1. The van der Waals surface area contributed by atoms with Gasteiger partial charge in [0.05, 0.1) is 0 Å². The SMILES string of the molecule is NC(=O)C1CCCCN1c1ccc(F)cc1CNC1CC1. The van der Waals surface area contributed by atoms with E-state index in [9.17, 15) is 9.18 Å². The minimum Gasteiger partial charge on any atom is -0.368 e. The van der Waals surface area contributed by atoms with Crippen LogP contribution in [0.1, 0.15) is 37.7 Å². The van der Waals surface area contributed by atoms with E-state index in [1.165, 1.54) is 18.9 Å². The van der Waals surface area contributed by atoms with Crippen molar-refractivity contribution in [3.63, 3.8) is 0 Å². The van der Waals surface area contributed by atoms with Gasteiger partial charge in [0, 0.05) is 24.8 Å². The van der Waals surface area contributed by atoms with Gasteiger partial charge in [0.2, 0.25) is 5.91 Å². The summed E-state index contributed by atoms with van der Waals surface area (Å²) in [6.45, 7) is 1.44. The number of primary amides is 1. The molecule has 1 aliphatic heterocycles. The van der Waals surface area contributed by atoms with E-state index in [1.807, 2.05) is 0 Å². The molecule has 1 aliphatic carbocycles. The summed E-state index contributed by atoms with van der Waals surface area (Å²) in [5.41, 5.74) is 7.39. The van der Waals surface area contributed by atoms with E-state index in [0.717, 1.165) is 37.1 Å². The van der Waals surface area contributed by atoms with Gasteiger partial charge in [-0.15, -0.1) is 0 Å². The van der Waals surface area contributed by atoms with Crippen LogP contribution in [0.4, 0.5) is 10.1 Å². The van der Waals surface area contributed by atoms with Gasteiger partial charge in [-0.05, 0) is 55.9 Å². The van der Waals surface area contributed by atoms with Crippen LogP contribution >= 0.6 is 0 Å². The summed E-state index contributed by atoms with van der Waals surface area (Å²) >= 11 is 0. The highest BCUT2D eigenvalue weighted by atomic mass is 19.1. The molecule has 0 spiro atoms. The van der Waals surface area contributed by atoms with Crippen molar-refractivity contribution in [1.29, 1.82) is 0 Å². The van der Waals surface area contributed by atoms with Crippen molar-refractivity contribution in [3.05, 3.63) is 29.6 Å². The van der Waals surface area contributed by atoms with E-state index in [4.69, 9.17) is 5.73 Å². The second kappa shape index (κ2) is 6.02. The minimum absolute atomic E-state index is 0.237. The molecule has 3 rings (SSSR count). The van der Waals surface area contributed by atoms with Gasteiger partial charge in [0.1, 0.15) is 11.9 Å². The summed E-state index contributed by atoms with van der Waals surface area (Å²) in [7, 11) is 0. The van der Waals surface area contributed by atoms with E-state index in [0.29, 0.717) is 12.6 Å². The number of carbonyl (C=O) groups is 1. The van der Waals surface area contributed by atoms with E-state index in [2.05, 4.69) is 10.2 Å². The third-order valence-corrected chi connectivity index (χ3v) is 4.34. The van der Waals surface area contributed by atoms with Crippen LogP contribution in [0.5, 0.6) is 0 Å². The Kier molecular flexibility index (Phi) is 4.10. The van der Waals surface area contributed by atoms with Gasteiger partial charge in [-0.2, -0.15) is 0 Å². The number of carbonyl (C=O) groups excluding carboxylic acids is 1. The summed E-state index contributed by atoms with van der Waals surface area (Å²) in [4.78, 5) is 13.7. The molecule has 1 heterocycles. The zero-order valence-corrected chi connectivity index (χ0v) is 12.1. The summed E-state index contributed by atoms with van der Waals surface area (Å²) in [6, 6.07) is 5.10. The molecule has 0 radical (unpaired) electrons. The lowest BCUT2D eigenvalue weighted by atomic mass is 9.99. The van der Waals surface area contributed by atoms with Crippen LogP contribution in [-0.2, 0) is 11.3 Å². The van der Waals surface area contributed by atoms with Crippen molar-refractivity contribution < 1.29 is 9.18 Å². The zero-order chi connectivity index (χ0) is 14.8. The van der Waals surface area contributed by atoms with Crippen LogP contribution in [0.3, 0.4) is 0 Å². The molecule has 2 fully saturated rings. The van der Waals surface area contributed by atoms with Gasteiger partial charge in [0.25, 0.3) is 0 Å². The Morgan fingerprint density at radius 1 is 1.33 bits per heavy atom. The largest absolute Gasteiger partial charge is 0.368 e. The standard InChI is InChI=1S/C16H22FN3O/c17-12-4-7-14(11(9-12)10-19-13-5-6-13)20-8-2-1-3-15(20)16(18)21/h4,7,9,13,15,19H,1-3,5-6,8,10H2,(H2,18,21). The maximum atomic E-state index is 13.6. The van der Waals surface area contributed by atoms with E-state index in [1.54, 1.807) is 12.1 Å². The molecule has 3 N–H and O–H groups in total. The molecule has 5 heteroatoms. The minimum atomic E-state index is -0.292. The average Bonchev–Trinajstić information content (AvgIpc) is 3.29. The summed E-state index contributed by atoms with van der Waals surface area (Å²) in [5, 5.41) is 3.41. The first-order valence-corrected chi connectivity index (χ1v) is 7.73.